The van der Waals surface area contributed by atoms with Crippen LogP contribution in [0.4, 0.5) is 5.69 Å². The van der Waals surface area contributed by atoms with Crippen molar-refractivity contribution < 1.29 is 19.8 Å². The van der Waals surface area contributed by atoms with Gasteiger partial charge in [-0.2, -0.15) is 0 Å². The van der Waals surface area contributed by atoms with Gasteiger partial charge >= 0.3 is 11.9 Å². The molecule has 0 aromatic heterocycles. The zero-order valence-corrected chi connectivity index (χ0v) is 9.80. The SMILES string of the molecule is CCN(CC)c1ccc(C(=O)O)c(C(=O)O)c1. The fourth-order valence-electron chi connectivity index (χ4n) is 1.68. The maximum atomic E-state index is 11.0. The number of hydrogen-bond acceptors (Lipinski definition) is 3. The minimum atomic E-state index is -1.23. The molecule has 0 aliphatic carbocycles. The minimum Gasteiger partial charge on any atom is -0.478 e. The van der Waals surface area contributed by atoms with Gasteiger partial charge in [0.2, 0.25) is 0 Å². The lowest BCUT2D eigenvalue weighted by molar-refractivity contribution is 0.0651. The summed E-state index contributed by atoms with van der Waals surface area (Å²) >= 11 is 0. The molecule has 17 heavy (non-hydrogen) atoms. The first-order chi connectivity index (χ1) is 8.01. The van der Waals surface area contributed by atoms with Crippen molar-refractivity contribution in [3.8, 4) is 0 Å². The molecule has 0 unspecified atom stereocenters. The number of carboxylic acid groups (broad SMARTS) is 2. The second kappa shape index (κ2) is 5.34. The third-order valence-electron chi connectivity index (χ3n) is 2.59. The van der Waals surface area contributed by atoms with Crippen LogP contribution < -0.4 is 4.90 Å². The Bertz CT molecular complexity index is 438. The zero-order valence-electron chi connectivity index (χ0n) is 9.80. The highest BCUT2D eigenvalue weighted by atomic mass is 16.4. The lowest BCUT2D eigenvalue weighted by Crippen LogP contribution is -2.22. The molecule has 5 nitrogen and oxygen atoms in total. The molecule has 0 radical (unpaired) electrons. The molecule has 0 atom stereocenters. The number of aromatic carboxylic acids is 2. The standard InChI is InChI=1S/C12H15NO4/c1-3-13(4-2)8-5-6-9(11(14)15)10(7-8)12(16)17/h5-7H,3-4H2,1-2H3,(H,14,15)(H,16,17). The van der Waals surface area contributed by atoms with Crippen molar-refractivity contribution in [1.29, 1.82) is 0 Å². The second-order valence-corrected chi connectivity index (χ2v) is 3.51. The monoisotopic (exact) mass is 237 g/mol. The number of anilines is 1. The minimum absolute atomic E-state index is 0.179. The average molecular weight is 237 g/mol. The Labute approximate surface area is 99.3 Å². The van der Waals surface area contributed by atoms with E-state index < -0.39 is 11.9 Å². The fraction of sp³-hybridized carbons (Fsp3) is 0.333. The van der Waals surface area contributed by atoms with Crippen molar-refractivity contribution in [2.24, 2.45) is 0 Å². The second-order valence-electron chi connectivity index (χ2n) is 3.51. The third-order valence-corrected chi connectivity index (χ3v) is 2.59. The van der Waals surface area contributed by atoms with Gasteiger partial charge in [0.15, 0.2) is 0 Å². The van der Waals surface area contributed by atoms with Crippen LogP contribution in [0.5, 0.6) is 0 Å². The van der Waals surface area contributed by atoms with Gasteiger partial charge in [0.25, 0.3) is 0 Å². The van der Waals surface area contributed by atoms with E-state index in [1.54, 1.807) is 6.07 Å². The lowest BCUT2D eigenvalue weighted by atomic mass is 10.1. The van der Waals surface area contributed by atoms with Gasteiger partial charge < -0.3 is 15.1 Å². The zero-order chi connectivity index (χ0) is 13.0. The first-order valence-corrected chi connectivity index (χ1v) is 5.36. The predicted octanol–water partition coefficient (Wildman–Crippen LogP) is 1.93. The summed E-state index contributed by atoms with van der Waals surface area (Å²) in [5, 5.41) is 17.9. The Balaban J connectivity index is 3.27. The highest BCUT2D eigenvalue weighted by Gasteiger charge is 2.17. The quantitative estimate of drug-likeness (QED) is 0.818. The van der Waals surface area contributed by atoms with Gasteiger partial charge in [-0.1, -0.05) is 0 Å². The summed E-state index contributed by atoms with van der Waals surface area (Å²) in [4.78, 5) is 23.8. The number of hydrogen-bond donors (Lipinski definition) is 2. The summed E-state index contributed by atoms with van der Waals surface area (Å²) in [6.45, 7) is 5.38. The lowest BCUT2D eigenvalue weighted by Gasteiger charge is -2.21. The molecule has 0 spiro atoms. The van der Waals surface area contributed by atoms with Crippen LogP contribution in [0, 0.1) is 0 Å². The van der Waals surface area contributed by atoms with E-state index in [2.05, 4.69) is 0 Å². The Kier molecular flexibility index (Phi) is 4.09. The van der Waals surface area contributed by atoms with Gasteiger partial charge in [-0.25, -0.2) is 9.59 Å². The summed E-state index contributed by atoms with van der Waals surface area (Å²) in [6.07, 6.45) is 0. The molecule has 0 saturated carbocycles. The van der Waals surface area contributed by atoms with Crippen LogP contribution in [0.15, 0.2) is 18.2 Å². The molecule has 1 aromatic rings. The molecule has 0 saturated heterocycles. The molecule has 0 bridgehead atoms. The van der Waals surface area contributed by atoms with Gasteiger partial charge in [0, 0.05) is 18.8 Å². The van der Waals surface area contributed by atoms with Crippen LogP contribution in [0.3, 0.4) is 0 Å². The van der Waals surface area contributed by atoms with Crippen molar-refractivity contribution in [1.82, 2.24) is 0 Å². The molecule has 1 aromatic carbocycles. The van der Waals surface area contributed by atoms with Crippen molar-refractivity contribution in [2.75, 3.05) is 18.0 Å². The molecule has 5 heteroatoms. The van der Waals surface area contributed by atoms with E-state index >= 15 is 0 Å². The molecular weight excluding hydrogens is 222 g/mol. The number of nitrogens with zero attached hydrogens (tertiary/aromatic N) is 1. The van der Waals surface area contributed by atoms with Crippen LogP contribution in [0.1, 0.15) is 34.6 Å². The highest BCUT2D eigenvalue weighted by molar-refractivity contribution is 6.02. The maximum Gasteiger partial charge on any atom is 0.336 e. The highest BCUT2D eigenvalue weighted by Crippen LogP contribution is 2.20. The molecule has 1 rings (SSSR count). The molecule has 2 N–H and O–H groups in total. The van der Waals surface area contributed by atoms with E-state index in [1.807, 2.05) is 18.7 Å². The van der Waals surface area contributed by atoms with E-state index in [0.717, 1.165) is 18.8 Å². The topological polar surface area (TPSA) is 77.8 Å². The van der Waals surface area contributed by atoms with Gasteiger partial charge in [-0.3, -0.25) is 0 Å². The molecule has 0 aliphatic rings. The van der Waals surface area contributed by atoms with E-state index in [-0.39, 0.29) is 11.1 Å². The molecule has 0 amide bonds. The van der Waals surface area contributed by atoms with Crippen molar-refractivity contribution >= 4 is 17.6 Å². The van der Waals surface area contributed by atoms with Crippen molar-refractivity contribution in [3.05, 3.63) is 29.3 Å². The number of benzene rings is 1. The van der Waals surface area contributed by atoms with Crippen LogP contribution in [-0.2, 0) is 0 Å². The molecule has 0 aliphatic heterocycles. The van der Waals surface area contributed by atoms with E-state index in [0.29, 0.717) is 0 Å². The molecule has 0 fully saturated rings. The van der Waals surface area contributed by atoms with Crippen LogP contribution >= 0.6 is 0 Å². The van der Waals surface area contributed by atoms with Crippen LogP contribution in [0.2, 0.25) is 0 Å². The van der Waals surface area contributed by atoms with Gasteiger partial charge in [-0.15, -0.1) is 0 Å². The summed E-state index contributed by atoms with van der Waals surface area (Å²) in [6, 6.07) is 4.36. The molecular formula is C12H15NO4. The first-order valence-electron chi connectivity index (χ1n) is 5.36. The van der Waals surface area contributed by atoms with E-state index in [4.69, 9.17) is 10.2 Å². The molecule has 92 valence electrons. The average Bonchev–Trinajstić information content (AvgIpc) is 2.30. The van der Waals surface area contributed by atoms with Gasteiger partial charge in [-0.05, 0) is 32.0 Å². The Morgan fingerprint density at radius 2 is 1.59 bits per heavy atom. The number of carboxylic acids is 2. The fourth-order valence-corrected chi connectivity index (χ4v) is 1.68. The summed E-state index contributed by atoms with van der Waals surface area (Å²) in [7, 11) is 0. The van der Waals surface area contributed by atoms with Crippen molar-refractivity contribution in [3.63, 3.8) is 0 Å². The van der Waals surface area contributed by atoms with Gasteiger partial charge in [0.05, 0.1) is 11.1 Å². The van der Waals surface area contributed by atoms with E-state index in [1.165, 1.54) is 12.1 Å². The Morgan fingerprint density at radius 1 is 1.06 bits per heavy atom. The number of rotatable bonds is 5. The Hall–Kier alpha value is -2.04. The molecule has 0 heterocycles. The summed E-state index contributed by atoms with van der Waals surface area (Å²) < 4.78 is 0. The smallest absolute Gasteiger partial charge is 0.336 e. The van der Waals surface area contributed by atoms with Crippen molar-refractivity contribution in [2.45, 2.75) is 13.8 Å². The third kappa shape index (κ3) is 2.75. The summed E-state index contributed by atoms with van der Waals surface area (Å²) in [5.41, 5.74) is 0.354. The van der Waals surface area contributed by atoms with E-state index in [9.17, 15) is 9.59 Å². The predicted molar refractivity (Wildman–Crippen MR) is 63.9 cm³/mol. The Morgan fingerprint density at radius 3 is 2.00 bits per heavy atom. The van der Waals surface area contributed by atoms with Crippen LogP contribution in [0.25, 0.3) is 0 Å². The normalized spacial score (nSPS) is 10.0. The number of carbonyl (C=O) groups is 2. The summed E-state index contributed by atoms with van der Waals surface area (Å²) in [5.74, 6) is -2.45. The van der Waals surface area contributed by atoms with Crippen LogP contribution in [-0.4, -0.2) is 35.2 Å². The first kappa shape index (κ1) is 13.0. The van der Waals surface area contributed by atoms with Gasteiger partial charge in [0.1, 0.15) is 0 Å². The largest absolute Gasteiger partial charge is 0.478 e. The maximum absolute atomic E-state index is 11.0.